The summed E-state index contributed by atoms with van der Waals surface area (Å²) in [4.78, 5) is 14.3. The fourth-order valence-corrected chi connectivity index (χ4v) is 8.45. The SMILES string of the molecule is O=C(O)c1ccccc1-c1ccc2cc(OCCN3CCOCC3)c(C34CC5CC(CC(C5)C3)C4)cc2c1. The minimum absolute atomic E-state index is 0.214. The van der Waals surface area contributed by atoms with Crippen LogP contribution in [0, 0.1) is 17.8 Å². The van der Waals surface area contributed by atoms with Gasteiger partial charge in [-0.15, -0.1) is 0 Å². The van der Waals surface area contributed by atoms with Gasteiger partial charge in [0.25, 0.3) is 0 Å². The van der Waals surface area contributed by atoms with Crippen LogP contribution in [0.15, 0.2) is 54.6 Å². The first-order chi connectivity index (χ1) is 18.6. The minimum atomic E-state index is -0.890. The molecule has 1 saturated heterocycles. The molecule has 3 aromatic rings. The number of carboxylic acid groups (broad SMARTS) is 1. The molecule has 0 amide bonds. The number of nitrogens with zero attached hydrogens (tertiary/aromatic N) is 1. The maximum atomic E-state index is 11.9. The zero-order valence-corrected chi connectivity index (χ0v) is 22.0. The Morgan fingerprint density at radius 3 is 2.34 bits per heavy atom. The van der Waals surface area contributed by atoms with Crippen molar-refractivity contribution in [1.82, 2.24) is 4.90 Å². The first-order valence-corrected chi connectivity index (χ1v) is 14.4. The Balaban J connectivity index is 1.27. The quantitative estimate of drug-likeness (QED) is 0.399. The molecule has 5 heteroatoms. The second-order valence-corrected chi connectivity index (χ2v) is 12.3. The average molecular weight is 512 g/mol. The predicted octanol–water partition coefficient (Wildman–Crippen LogP) is 6.38. The summed E-state index contributed by atoms with van der Waals surface area (Å²) in [6.45, 7) is 5.18. The second kappa shape index (κ2) is 9.69. The number of benzene rings is 3. The zero-order chi connectivity index (χ0) is 25.7. The molecule has 1 heterocycles. The molecule has 4 saturated carbocycles. The monoisotopic (exact) mass is 511 g/mol. The summed E-state index contributed by atoms with van der Waals surface area (Å²) < 4.78 is 12.2. The highest BCUT2D eigenvalue weighted by Crippen LogP contribution is 2.62. The molecule has 0 radical (unpaired) electrons. The van der Waals surface area contributed by atoms with E-state index in [0.29, 0.717) is 12.2 Å². The number of aromatic carboxylic acids is 1. The van der Waals surface area contributed by atoms with E-state index in [-0.39, 0.29) is 5.41 Å². The van der Waals surface area contributed by atoms with Gasteiger partial charge in [-0.05, 0) is 108 Å². The molecule has 0 aromatic heterocycles. The van der Waals surface area contributed by atoms with Gasteiger partial charge >= 0.3 is 5.97 Å². The van der Waals surface area contributed by atoms with Crippen LogP contribution in [0.2, 0.25) is 0 Å². The number of carbonyl (C=O) groups is 1. The van der Waals surface area contributed by atoms with Crippen LogP contribution in [0.3, 0.4) is 0 Å². The zero-order valence-electron chi connectivity index (χ0n) is 22.0. The lowest BCUT2D eigenvalue weighted by molar-refractivity contribution is -0.00661. The molecular weight excluding hydrogens is 474 g/mol. The Morgan fingerprint density at radius 2 is 1.63 bits per heavy atom. The van der Waals surface area contributed by atoms with E-state index >= 15 is 0 Å². The van der Waals surface area contributed by atoms with E-state index in [4.69, 9.17) is 9.47 Å². The summed E-state index contributed by atoms with van der Waals surface area (Å²) in [6.07, 6.45) is 8.09. The fraction of sp³-hybridized carbons (Fsp3) is 0.485. The molecule has 198 valence electrons. The van der Waals surface area contributed by atoms with Gasteiger partial charge in [-0.3, -0.25) is 4.90 Å². The molecule has 5 fully saturated rings. The van der Waals surface area contributed by atoms with Gasteiger partial charge in [0, 0.05) is 25.2 Å². The molecular formula is C33H37NO4. The lowest BCUT2D eigenvalue weighted by Gasteiger charge is -2.57. The minimum Gasteiger partial charge on any atom is -0.492 e. The first-order valence-electron chi connectivity index (χ1n) is 14.4. The summed E-state index contributed by atoms with van der Waals surface area (Å²) in [5.74, 6) is 2.73. The van der Waals surface area contributed by atoms with E-state index in [0.717, 1.165) is 72.9 Å². The summed E-state index contributed by atoms with van der Waals surface area (Å²) >= 11 is 0. The van der Waals surface area contributed by atoms with Gasteiger partial charge in [0.2, 0.25) is 0 Å². The van der Waals surface area contributed by atoms with E-state index in [1.54, 1.807) is 12.1 Å². The van der Waals surface area contributed by atoms with Crippen LogP contribution in [0.25, 0.3) is 21.9 Å². The largest absolute Gasteiger partial charge is 0.492 e. The van der Waals surface area contributed by atoms with Crippen LogP contribution in [0.5, 0.6) is 5.75 Å². The van der Waals surface area contributed by atoms with Gasteiger partial charge in [0.1, 0.15) is 12.4 Å². The van der Waals surface area contributed by atoms with Crippen molar-refractivity contribution in [3.63, 3.8) is 0 Å². The van der Waals surface area contributed by atoms with Crippen molar-refractivity contribution in [2.24, 2.45) is 17.8 Å². The van der Waals surface area contributed by atoms with Crippen LogP contribution < -0.4 is 4.74 Å². The van der Waals surface area contributed by atoms with Crippen LogP contribution >= 0.6 is 0 Å². The van der Waals surface area contributed by atoms with Crippen molar-refractivity contribution in [2.75, 3.05) is 39.5 Å². The third-order valence-electron chi connectivity index (χ3n) is 9.79. The summed E-state index contributed by atoms with van der Waals surface area (Å²) in [5, 5.41) is 12.1. The third-order valence-corrected chi connectivity index (χ3v) is 9.79. The van der Waals surface area contributed by atoms with Crippen molar-refractivity contribution in [1.29, 1.82) is 0 Å². The fourth-order valence-electron chi connectivity index (χ4n) is 8.45. The molecule has 3 aromatic carbocycles. The normalized spacial score (nSPS) is 28.6. The van der Waals surface area contributed by atoms with E-state index < -0.39 is 5.97 Å². The maximum Gasteiger partial charge on any atom is 0.336 e. The molecule has 1 N–H and O–H groups in total. The van der Waals surface area contributed by atoms with E-state index in [9.17, 15) is 9.90 Å². The summed E-state index contributed by atoms with van der Waals surface area (Å²) in [5.41, 5.74) is 3.68. The Labute approximate surface area is 224 Å². The standard InChI is InChI=1S/C33H37NO4/c35-32(36)29-4-2-1-3-28(29)26-6-5-25-18-31(38-12-9-34-7-10-37-11-8-34)30(17-27(25)16-26)33-19-22-13-23(20-33)15-24(14-22)21-33/h1-6,16-18,22-24H,7-15,19-21H2,(H,35,36). The molecule has 4 bridgehead atoms. The predicted molar refractivity (Wildman–Crippen MR) is 149 cm³/mol. The van der Waals surface area contributed by atoms with Crippen molar-refractivity contribution in [2.45, 2.75) is 43.9 Å². The summed E-state index contributed by atoms with van der Waals surface area (Å²) in [6, 6.07) is 18.3. The van der Waals surface area contributed by atoms with Crippen LogP contribution in [0.1, 0.15) is 54.4 Å². The number of morpholine rings is 1. The molecule has 0 atom stereocenters. The van der Waals surface area contributed by atoms with Gasteiger partial charge in [0.15, 0.2) is 0 Å². The Morgan fingerprint density at radius 1 is 0.921 bits per heavy atom. The highest BCUT2D eigenvalue weighted by atomic mass is 16.5. The lowest BCUT2D eigenvalue weighted by Crippen LogP contribution is -2.48. The topological polar surface area (TPSA) is 59.0 Å². The molecule has 1 aliphatic heterocycles. The number of ether oxygens (including phenoxy) is 2. The van der Waals surface area contributed by atoms with Crippen molar-refractivity contribution >= 4 is 16.7 Å². The Kier molecular flexibility index (Phi) is 6.17. The lowest BCUT2D eigenvalue weighted by atomic mass is 9.48. The van der Waals surface area contributed by atoms with Crippen molar-refractivity contribution < 1.29 is 19.4 Å². The molecule has 4 aliphatic carbocycles. The molecule has 0 spiro atoms. The highest BCUT2D eigenvalue weighted by molar-refractivity contribution is 5.98. The van der Waals surface area contributed by atoms with Gasteiger partial charge in [-0.25, -0.2) is 4.79 Å². The Bertz CT molecular complexity index is 1320. The molecule has 5 aliphatic rings. The van der Waals surface area contributed by atoms with E-state index in [1.165, 1.54) is 49.5 Å². The van der Waals surface area contributed by atoms with Crippen molar-refractivity contribution in [3.05, 3.63) is 65.7 Å². The van der Waals surface area contributed by atoms with E-state index in [2.05, 4.69) is 29.2 Å². The van der Waals surface area contributed by atoms with Gasteiger partial charge < -0.3 is 14.6 Å². The molecule has 38 heavy (non-hydrogen) atoms. The van der Waals surface area contributed by atoms with Crippen LogP contribution in [0.4, 0.5) is 0 Å². The number of fused-ring (bicyclic) bond motifs is 1. The molecule has 5 nitrogen and oxygen atoms in total. The maximum absolute atomic E-state index is 11.9. The Hall–Kier alpha value is -2.89. The molecule has 8 rings (SSSR count). The third kappa shape index (κ3) is 4.40. The van der Waals surface area contributed by atoms with Gasteiger partial charge in [0.05, 0.1) is 18.8 Å². The number of hydrogen-bond acceptors (Lipinski definition) is 4. The smallest absolute Gasteiger partial charge is 0.336 e. The molecule has 0 unspecified atom stereocenters. The van der Waals surface area contributed by atoms with Crippen LogP contribution in [-0.4, -0.2) is 55.4 Å². The van der Waals surface area contributed by atoms with Crippen LogP contribution in [-0.2, 0) is 10.2 Å². The first kappa shape index (κ1) is 24.2. The van der Waals surface area contributed by atoms with Crippen molar-refractivity contribution in [3.8, 4) is 16.9 Å². The number of rotatable bonds is 7. The highest BCUT2D eigenvalue weighted by Gasteiger charge is 2.52. The summed E-state index contributed by atoms with van der Waals surface area (Å²) in [7, 11) is 0. The van der Waals surface area contributed by atoms with Gasteiger partial charge in [-0.1, -0.05) is 30.3 Å². The second-order valence-electron chi connectivity index (χ2n) is 12.3. The average Bonchev–Trinajstić information content (AvgIpc) is 2.92. The number of hydrogen-bond donors (Lipinski definition) is 1. The van der Waals surface area contributed by atoms with Gasteiger partial charge in [-0.2, -0.15) is 0 Å². The number of carboxylic acids is 1. The van der Waals surface area contributed by atoms with E-state index in [1.807, 2.05) is 18.2 Å².